The van der Waals surface area contributed by atoms with Crippen LogP contribution in [0.25, 0.3) is 0 Å². The smallest absolute Gasteiger partial charge is 0.335 e. The third kappa shape index (κ3) is 6.14. The van der Waals surface area contributed by atoms with E-state index in [1.54, 1.807) is 12.1 Å². The van der Waals surface area contributed by atoms with Crippen LogP contribution in [0, 0.1) is 0 Å². The third-order valence-electron chi connectivity index (χ3n) is 2.63. The van der Waals surface area contributed by atoms with Crippen molar-refractivity contribution in [1.82, 2.24) is 9.62 Å². The first-order chi connectivity index (χ1) is 9.30. The summed E-state index contributed by atoms with van der Waals surface area (Å²) in [5.74, 6) is -1.28. The fourth-order valence-corrected chi connectivity index (χ4v) is 2.86. The van der Waals surface area contributed by atoms with Gasteiger partial charge in [0.2, 0.25) is 10.0 Å². The monoisotopic (exact) mass is 300 g/mol. The molecule has 7 heteroatoms. The molecule has 2 N–H and O–H groups in total. The van der Waals surface area contributed by atoms with Crippen LogP contribution in [0.5, 0.6) is 0 Å². The second-order valence-corrected chi connectivity index (χ2v) is 6.62. The Kier molecular flexibility index (Phi) is 6.12. The molecule has 0 atom stereocenters. The van der Waals surface area contributed by atoms with E-state index < -0.39 is 16.0 Å². The summed E-state index contributed by atoms with van der Waals surface area (Å²) < 4.78 is 26.2. The Morgan fingerprint density at radius 2 is 2.05 bits per heavy atom. The topological polar surface area (TPSA) is 86.7 Å². The molecule has 0 radical (unpaired) electrons. The van der Waals surface area contributed by atoms with Gasteiger partial charge in [-0.05, 0) is 44.8 Å². The third-order valence-corrected chi connectivity index (χ3v) is 3.99. The second kappa shape index (κ2) is 7.37. The first-order valence-corrected chi connectivity index (χ1v) is 7.90. The lowest BCUT2D eigenvalue weighted by molar-refractivity contribution is 0.0696. The highest BCUT2D eigenvalue weighted by atomic mass is 32.2. The van der Waals surface area contributed by atoms with Gasteiger partial charge in [-0.15, -0.1) is 0 Å². The molecule has 0 spiro atoms. The van der Waals surface area contributed by atoms with Crippen molar-refractivity contribution in [3.8, 4) is 0 Å². The number of rotatable bonds is 8. The number of hydrogen-bond acceptors (Lipinski definition) is 4. The zero-order chi connectivity index (χ0) is 15.2. The number of carboxylic acids is 1. The summed E-state index contributed by atoms with van der Waals surface area (Å²) in [6.07, 6.45) is 0.724. The first kappa shape index (κ1) is 16.6. The molecule has 1 aromatic rings. The van der Waals surface area contributed by atoms with Gasteiger partial charge in [-0.25, -0.2) is 17.9 Å². The Morgan fingerprint density at radius 3 is 2.65 bits per heavy atom. The molecule has 0 fully saturated rings. The van der Waals surface area contributed by atoms with Gasteiger partial charge >= 0.3 is 5.97 Å². The molecule has 0 amide bonds. The van der Waals surface area contributed by atoms with Crippen LogP contribution in [-0.4, -0.2) is 51.6 Å². The van der Waals surface area contributed by atoms with E-state index in [1.807, 2.05) is 19.0 Å². The maximum atomic E-state index is 11.9. The van der Waals surface area contributed by atoms with Crippen LogP contribution in [0.2, 0.25) is 0 Å². The van der Waals surface area contributed by atoms with Gasteiger partial charge in [0, 0.05) is 6.54 Å². The maximum absolute atomic E-state index is 11.9. The number of nitrogens with zero attached hydrogens (tertiary/aromatic N) is 1. The van der Waals surface area contributed by atoms with E-state index in [0.717, 1.165) is 13.0 Å². The second-order valence-electron chi connectivity index (χ2n) is 4.82. The minimum Gasteiger partial charge on any atom is -0.478 e. The minimum atomic E-state index is -3.44. The van der Waals surface area contributed by atoms with Crippen molar-refractivity contribution in [3.63, 3.8) is 0 Å². The van der Waals surface area contributed by atoms with E-state index in [-0.39, 0.29) is 11.3 Å². The van der Waals surface area contributed by atoms with Crippen molar-refractivity contribution >= 4 is 16.0 Å². The molecule has 112 valence electrons. The predicted octanol–water partition coefficient (Wildman–Crippen LogP) is 0.756. The summed E-state index contributed by atoms with van der Waals surface area (Å²) >= 11 is 0. The van der Waals surface area contributed by atoms with E-state index in [9.17, 15) is 13.2 Å². The SMILES string of the molecule is CN(C)CCCNS(=O)(=O)Cc1cccc(C(=O)O)c1. The average molecular weight is 300 g/mol. The van der Waals surface area contributed by atoms with Gasteiger partial charge in [0.05, 0.1) is 11.3 Å². The van der Waals surface area contributed by atoms with Crippen molar-refractivity contribution < 1.29 is 18.3 Å². The van der Waals surface area contributed by atoms with Crippen LogP contribution < -0.4 is 4.72 Å². The van der Waals surface area contributed by atoms with E-state index in [2.05, 4.69) is 4.72 Å². The molecule has 6 nitrogen and oxygen atoms in total. The van der Waals surface area contributed by atoms with Gasteiger partial charge in [0.25, 0.3) is 0 Å². The maximum Gasteiger partial charge on any atom is 0.335 e. The molecule has 0 heterocycles. The van der Waals surface area contributed by atoms with E-state index in [4.69, 9.17) is 5.11 Å². The highest BCUT2D eigenvalue weighted by Gasteiger charge is 2.12. The van der Waals surface area contributed by atoms with Gasteiger partial charge in [0.15, 0.2) is 0 Å². The Morgan fingerprint density at radius 1 is 1.35 bits per heavy atom. The highest BCUT2D eigenvalue weighted by molar-refractivity contribution is 7.88. The summed E-state index contributed by atoms with van der Waals surface area (Å²) in [5, 5.41) is 8.86. The van der Waals surface area contributed by atoms with E-state index in [1.165, 1.54) is 12.1 Å². The summed E-state index contributed by atoms with van der Waals surface area (Å²) in [6, 6.07) is 5.95. The lowest BCUT2D eigenvalue weighted by Crippen LogP contribution is -2.28. The predicted molar refractivity (Wildman–Crippen MR) is 77.2 cm³/mol. The largest absolute Gasteiger partial charge is 0.478 e. The number of nitrogens with one attached hydrogen (secondary N) is 1. The Balaban J connectivity index is 2.57. The first-order valence-electron chi connectivity index (χ1n) is 6.24. The molecule has 0 bridgehead atoms. The number of carbonyl (C=O) groups is 1. The Labute approximate surface area is 119 Å². The zero-order valence-corrected chi connectivity index (χ0v) is 12.5. The number of aromatic carboxylic acids is 1. The van der Waals surface area contributed by atoms with E-state index >= 15 is 0 Å². The Hall–Kier alpha value is -1.44. The van der Waals surface area contributed by atoms with Crippen molar-refractivity contribution in [3.05, 3.63) is 35.4 Å². The van der Waals surface area contributed by atoms with Gasteiger partial charge in [-0.3, -0.25) is 0 Å². The van der Waals surface area contributed by atoms with E-state index in [0.29, 0.717) is 12.1 Å². The molecular formula is C13H20N2O4S. The molecule has 0 aromatic heterocycles. The van der Waals surface area contributed by atoms with Crippen LogP contribution in [0.3, 0.4) is 0 Å². The zero-order valence-electron chi connectivity index (χ0n) is 11.7. The van der Waals surface area contributed by atoms with Crippen LogP contribution in [0.15, 0.2) is 24.3 Å². The normalized spacial score (nSPS) is 11.8. The fourth-order valence-electron chi connectivity index (χ4n) is 1.69. The van der Waals surface area contributed by atoms with Gasteiger partial charge in [0.1, 0.15) is 0 Å². The molecule has 1 aromatic carbocycles. The summed E-state index contributed by atoms with van der Waals surface area (Å²) in [5.41, 5.74) is 0.551. The summed E-state index contributed by atoms with van der Waals surface area (Å²) in [4.78, 5) is 12.8. The summed E-state index contributed by atoms with van der Waals surface area (Å²) in [6.45, 7) is 1.18. The number of sulfonamides is 1. The van der Waals surface area contributed by atoms with Crippen LogP contribution >= 0.6 is 0 Å². The van der Waals surface area contributed by atoms with Gasteiger partial charge < -0.3 is 10.0 Å². The molecule has 20 heavy (non-hydrogen) atoms. The van der Waals surface area contributed by atoms with Crippen molar-refractivity contribution in [2.75, 3.05) is 27.2 Å². The van der Waals surface area contributed by atoms with Crippen LogP contribution in [0.1, 0.15) is 22.3 Å². The van der Waals surface area contributed by atoms with Crippen molar-refractivity contribution in [2.24, 2.45) is 0 Å². The lowest BCUT2D eigenvalue weighted by atomic mass is 10.1. The summed E-state index contributed by atoms with van der Waals surface area (Å²) in [7, 11) is 0.409. The van der Waals surface area contributed by atoms with Crippen molar-refractivity contribution in [2.45, 2.75) is 12.2 Å². The van der Waals surface area contributed by atoms with Gasteiger partial charge in [-0.1, -0.05) is 12.1 Å². The molecular weight excluding hydrogens is 280 g/mol. The van der Waals surface area contributed by atoms with Gasteiger partial charge in [-0.2, -0.15) is 0 Å². The fraction of sp³-hybridized carbons (Fsp3) is 0.462. The molecule has 0 saturated heterocycles. The molecule has 0 unspecified atom stereocenters. The number of benzene rings is 1. The average Bonchev–Trinajstić information content (AvgIpc) is 2.34. The Bertz CT molecular complexity index is 555. The highest BCUT2D eigenvalue weighted by Crippen LogP contribution is 2.08. The standard InChI is InChI=1S/C13H20N2O4S/c1-15(2)8-4-7-14-20(18,19)10-11-5-3-6-12(9-11)13(16)17/h3,5-6,9,14H,4,7-8,10H2,1-2H3,(H,16,17). The van der Waals surface area contributed by atoms with Crippen molar-refractivity contribution in [1.29, 1.82) is 0 Å². The molecule has 0 saturated carbocycles. The lowest BCUT2D eigenvalue weighted by Gasteiger charge is -2.10. The van der Waals surface area contributed by atoms with Crippen LogP contribution in [-0.2, 0) is 15.8 Å². The van der Waals surface area contributed by atoms with Crippen LogP contribution in [0.4, 0.5) is 0 Å². The number of hydrogen-bond donors (Lipinski definition) is 2. The molecule has 0 aliphatic rings. The molecule has 0 aliphatic heterocycles. The number of carboxylic acid groups (broad SMARTS) is 1. The molecule has 0 aliphatic carbocycles. The quantitative estimate of drug-likeness (QED) is 0.692. The minimum absolute atomic E-state index is 0.0882. The molecule has 1 rings (SSSR count).